The normalized spacial score (nSPS) is 32.4. The lowest BCUT2D eigenvalue weighted by molar-refractivity contribution is 0.138. The maximum absolute atomic E-state index is 13.1. The third-order valence-corrected chi connectivity index (χ3v) is 2.04. The van der Waals surface area contributed by atoms with Crippen molar-refractivity contribution in [1.82, 2.24) is 0 Å². The average Bonchev–Trinajstić information content (AvgIpc) is 2.18. The van der Waals surface area contributed by atoms with E-state index in [2.05, 4.69) is 0 Å². The summed E-state index contributed by atoms with van der Waals surface area (Å²) < 4.78 is 18.2. The van der Waals surface area contributed by atoms with Crippen molar-refractivity contribution in [2.24, 2.45) is 5.92 Å². The van der Waals surface area contributed by atoms with Gasteiger partial charge < -0.3 is 4.74 Å². The summed E-state index contributed by atoms with van der Waals surface area (Å²) in [5.41, 5.74) is 0. The summed E-state index contributed by atoms with van der Waals surface area (Å²) in [6.45, 7) is 1.11. The molecule has 1 fully saturated rings. The molecule has 1 aliphatic rings. The minimum absolute atomic E-state index is 0.0949. The lowest BCUT2D eigenvalue weighted by Crippen LogP contribution is -2.14. The fourth-order valence-electron chi connectivity index (χ4n) is 1.30. The summed E-state index contributed by atoms with van der Waals surface area (Å²) in [5, 5.41) is 8.37. The van der Waals surface area contributed by atoms with Crippen molar-refractivity contribution in [2.45, 2.75) is 25.4 Å². The van der Waals surface area contributed by atoms with Gasteiger partial charge in [-0.2, -0.15) is 5.26 Å². The number of hydrogen-bond acceptors (Lipinski definition) is 2. The highest BCUT2D eigenvalue weighted by atomic mass is 19.1. The van der Waals surface area contributed by atoms with Crippen molar-refractivity contribution in [3.05, 3.63) is 0 Å². The standard InChI is InChI=1S/C8H12FNO/c9-8-3-6-11-5-2-7(8)1-4-10/h7-8H,1-3,5-6H2/t7-,8+/m0/s1. The Morgan fingerprint density at radius 2 is 2.18 bits per heavy atom. The smallest absolute Gasteiger partial charge is 0.106 e. The van der Waals surface area contributed by atoms with Crippen LogP contribution in [0.5, 0.6) is 0 Å². The van der Waals surface area contributed by atoms with Gasteiger partial charge in [0.1, 0.15) is 6.17 Å². The summed E-state index contributed by atoms with van der Waals surface area (Å²) in [5.74, 6) is -0.0949. The topological polar surface area (TPSA) is 33.0 Å². The van der Waals surface area contributed by atoms with Gasteiger partial charge in [0.2, 0.25) is 0 Å². The van der Waals surface area contributed by atoms with Gasteiger partial charge in [0.15, 0.2) is 0 Å². The van der Waals surface area contributed by atoms with Gasteiger partial charge in [0, 0.05) is 32.0 Å². The molecule has 0 aliphatic carbocycles. The third-order valence-electron chi connectivity index (χ3n) is 2.04. The van der Waals surface area contributed by atoms with E-state index >= 15 is 0 Å². The Morgan fingerprint density at radius 1 is 1.45 bits per heavy atom. The maximum atomic E-state index is 13.1. The second kappa shape index (κ2) is 4.30. The minimum Gasteiger partial charge on any atom is -0.381 e. The number of hydrogen-bond donors (Lipinski definition) is 0. The second-order valence-electron chi connectivity index (χ2n) is 2.83. The van der Waals surface area contributed by atoms with Crippen LogP contribution in [0.2, 0.25) is 0 Å². The zero-order chi connectivity index (χ0) is 8.10. The van der Waals surface area contributed by atoms with Gasteiger partial charge in [-0.15, -0.1) is 0 Å². The van der Waals surface area contributed by atoms with Gasteiger partial charge in [0.25, 0.3) is 0 Å². The Hall–Kier alpha value is -0.620. The van der Waals surface area contributed by atoms with Crippen molar-refractivity contribution in [3.63, 3.8) is 0 Å². The molecule has 1 aliphatic heterocycles. The molecule has 0 aromatic rings. The molecule has 1 rings (SSSR count). The van der Waals surface area contributed by atoms with E-state index in [0.29, 0.717) is 32.5 Å². The van der Waals surface area contributed by atoms with Crippen LogP contribution < -0.4 is 0 Å². The summed E-state index contributed by atoms with van der Waals surface area (Å²) in [4.78, 5) is 0. The molecule has 2 atom stereocenters. The van der Waals surface area contributed by atoms with Gasteiger partial charge in [0.05, 0.1) is 6.07 Å². The van der Waals surface area contributed by atoms with Crippen molar-refractivity contribution in [3.8, 4) is 6.07 Å². The van der Waals surface area contributed by atoms with E-state index in [1.807, 2.05) is 6.07 Å². The van der Waals surface area contributed by atoms with Crippen LogP contribution >= 0.6 is 0 Å². The van der Waals surface area contributed by atoms with Crippen LogP contribution in [0, 0.1) is 17.2 Å². The van der Waals surface area contributed by atoms with Crippen molar-refractivity contribution in [1.29, 1.82) is 5.26 Å². The molecule has 0 radical (unpaired) electrons. The van der Waals surface area contributed by atoms with Crippen LogP contribution in [0.25, 0.3) is 0 Å². The van der Waals surface area contributed by atoms with Crippen molar-refractivity contribution >= 4 is 0 Å². The van der Waals surface area contributed by atoms with E-state index in [1.54, 1.807) is 0 Å². The van der Waals surface area contributed by atoms with Crippen LogP contribution in [-0.4, -0.2) is 19.4 Å². The molecule has 62 valence electrons. The zero-order valence-corrected chi connectivity index (χ0v) is 6.42. The first-order valence-corrected chi connectivity index (χ1v) is 3.93. The molecule has 0 spiro atoms. The Kier molecular flexibility index (Phi) is 3.31. The molecule has 0 amide bonds. The first-order valence-electron chi connectivity index (χ1n) is 3.93. The van der Waals surface area contributed by atoms with Crippen LogP contribution in [0.15, 0.2) is 0 Å². The fraction of sp³-hybridized carbons (Fsp3) is 0.875. The van der Waals surface area contributed by atoms with Gasteiger partial charge in [-0.3, -0.25) is 0 Å². The molecular formula is C8H12FNO. The number of nitrogens with zero attached hydrogens (tertiary/aromatic N) is 1. The number of alkyl halides is 1. The molecule has 1 saturated heterocycles. The van der Waals surface area contributed by atoms with Gasteiger partial charge in [-0.05, 0) is 6.42 Å². The molecular weight excluding hydrogens is 145 g/mol. The number of ether oxygens (including phenoxy) is 1. The molecule has 1 heterocycles. The van der Waals surface area contributed by atoms with Crippen molar-refractivity contribution in [2.75, 3.05) is 13.2 Å². The summed E-state index contributed by atoms with van der Waals surface area (Å²) in [6, 6.07) is 2.00. The van der Waals surface area contributed by atoms with Crippen LogP contribution in [0.3, 0.4) is 0 Å². The maximum Gasteiger partial charge on any atom is 0.106 e. The first-order chi connectivity index (χ1) is 5.34. The molecule has 0 bridgehead atoms. The minimum atomic E-state index is -0.836. The lowest BCUT2D eigenvalue weighted by atomic mass is 9.96. The fourth-order valence-corrected chi connectivity index (χ4v) is 1.30. The van der Waals surface area contributed by atoms with Crippen molar-refractivity contribution < 1.29 is 9.13 Å². The summed E-state index contributed by atoms with van der Waals surface area (Å²) in [7, 11) is 0. The Balaban J connectivity index is 2.40. The zero-order valence-electron chi connectivity index (χ0n) is 6.42. The second-order valence-corrected chi connectivity index (χ2v) is 2.83. The summed E-state index contributed by atoms with van der Waals surface area (Å²) in [6.07, 6.45) is 0.628. The van der Waals surface area contributed by atoms with Crippen LogP contribution in [-0.2, 0) is 4.74 Å². The van der Waals surface area contributed by atoms with Gasteiger partial charge in [-0.25, -0.2) is 4.39 Å². The predicted octanol–water partition coefficient (Wildman–Crippen LogP) is 1.66. The predicted molar refractivity (Wildman–Crippen MR) is 38.7 cm³/mol. The molecule has 0 unspecified atom stereocenters. The molecule has 3 heteroatoms. The SMILES string of the molecule is N#CC[C@H]1CCOCC[C@H]1F. The Labute approximate surface area is 66.0 Å². The Morgan fingerprint density at radius 3 is 2.91 bits per heavy atom. The van der Waals surface area contributed by atoms with E-state index in [9.17, 15) is 4.39 Å². The Bertz CT molecular complexity index is 155. The molecule has 11 heavy (non-hydrogen) atoms. The molecule has 0 N–H and O–H groups in total. The number of rotatable bonds is 1. The van der Waals surface area contributed by atoms with Gasteiger partial charge >= 0.3 is 0 Å². The van der Waals surface area contributed by atoms with E-state index in [-0.39, 0.29) is 5.92 Å². The molecule has 0 saturated carbocycles. The van der Waals surface area contributed by atoms with Crippen LogP contribution in [0.4, 0.5) is 4.39 Å². The highest BCUT2D eigenvalue weighted by molar-refractivity contribution is 4.81. The average molecular weight is 157 g/mol. The monoisotopic (exact) mass is 157 g/mol. The molecule has 0 aromatic carbocycles. The molecule has 0 aromatic heterocycles. The van der Waals surface area contributed by atoms with E-state index < -0.39 is 6.17 Å². The van der Waals surface area contributed by atoms with E-state index in [0.717, 1.165) is 0 Å². The number of nitriles is 1. The third kappa shape index (κ3) is 2.47. The van der Waals surface area contributed by atoms with Gasteiger partial charge in [-0.1, -0.05) is 0 Å². The number of halogens is 1. The summed E-state index contributed by atoms with van der Waals surface area (Å²) >= 11 is 0. The first kappa shape index (κ1) is 8.48. The highest BCUT2D eigenvalue weighted by Crippen LogP contribution is 2.22. The highest BCUT2D eigenvalue weighted by Gasteiger charge is 2.22. The lowest BCUT2D eigenvalue weighted by Gasteiger charge is -2.12. The van der Waals surface area contributed by atoms with Crippen LogP contribution in [0.1, 0.15) is 19.3 Å². The van der Waals surface area contributed by atoms with E-state index in [1.165, 1.54) is 0 Å². The van der Waals surface area contributed by atoms with E-state index in [4.69, 9.17) is 10.00 Å². The largest absolute Gasteiger partial charge is 0.381 e. The molecule has 2 nitrogen and oxygen atoms in total. The quantitative estimate of drug-likeness (QED) is 0.580.